The zero-order valence-electron chi connectivity index (χ0n) is 15.0. The van der Waals surface area contributed by atoms with Gasteiger partial charge in [0.1, 0.15) is 12.4 Å². The molecule has 1 N–H and O–H groups in total. The van der Waals surface area contributed by atoms with Crippen LogP contribution in [0.25, 0.3) is 5.65 Å². The summed E-state index contributed by atoms with van der Waals surface area (Å²) < 4.78 is 45.8. The Morgan fingerprint density at radius 3 is 2.68 bits per heavy atom. The van der Waals surface area contributed by atoms with E-state index in [1.165, 1.54) is 4.40 Å². The van der Waals surface area contributed by atoms with Gasteiger partial charge in [0.05, 0.1) is 16.7 Å². The summed E-state index contributed by atoms with van der Waals surface area (Å²) in [6.07, 6.45) is -4.50. The number of nitrogens with zero attached hydrogens (tertiary/aromatic N) is 3. The molecular formula is C18H17ClF3N3O2S. The third kappa shape index (κ3) is 4.71. The quantitative estimate of drug-likeness (QED) is 0.580. The normalized spacial score (nSPS) is 13.1. The molecule has 3 rings (SSSR count). The highest BCUT2D eigenvalue weighted by Crippen LogP contribution is 2.33. The molecule has 0 amide bonds. The number of pyridine rings is 1. The molecule has 1 atom stereocenters. The second-order valence-electron chi connectivity index (χ2n) is 6.30. The summed E-state index contributed by atoms with van der Waals surface area (Å²) in [4.78, 5) is 0. The lowest BCUT2D eigenvalue weighted by Crippen LogP contribution is -2.20. The van der Waals surface area contributed by atoms with Gasteiger partial charge in [-0.15, -0.1) is 10.2 Å². The van der Waals surface area contributed by atoms with Crippen LogP contribution in [0.5, 0.6) is 5.75 Å². The summed E-state index contributed by atoms with van der Waals surface area (Å²) in [6, 6.07) is 6.53. The van der Waals surface area contributed by atoms with Crippen molar-refractivity contribution in [2.75, 3.05) is 12.4 Å². The number of thioether (sulfide) groups is 1. The van der Waals surface area contributed by atoms with E-state index < -0.39 is 17.8 Å². The maximum Gasteiger partial charge on any atom is 0.417 e. The summed E-state index contributed by atoms with van der Waals surface area (Å²) in [5.41, 5.74) is 1.29. The Bertz CT molecular complexity index is 994. The summed E-state index contributed by atoms with van der Waals surface area (Å²) in [5.74, 6) is 0.837. The van der Waals surface area contributed by atoms with Gasteiger partial charge in [0, 0.05) is 11.9 Å². The van der Waals surface area contributed by atoms with Crippen LogP contribution in [0, 0.1) is 13.8 Å². The lowest BCUT2D eigenvalue weighted by atomic mass is 10.1. The second-order valence-corrected chi connectivity index (χ2v) is 7.69. The minimum absolute atomic E-state index is 0.0438. The molecule has 5 nitrogen and oxygen atoms in total. The van der Waals surface area contributed by atoms with Gasteiger partial charge >= 0.3 is 6.18 Å². The fourth-order valence-corrected chi connectivity index (χ4v) is 3.61. The lowest BCUT2D eigenvalue weighted by Gasteiger charge is -2.14. The molecule has 150 valence electrons. The second kappa shape index (κ2) is 8.18. The highest BCUT2D eigenvalue weighted by Gasteiger charge is 2.32. The standard InChI is InChI=1S/C18H17ClF3N3O2S/c1-10-3-4-15(11(2)5-10)27-8-13(26)9-28-17-24-23-16-14(19)6-12(7-25(16)17)18(20,21)22/h3-7,13,26H,8-9H2,1-2H3. The molecule has 0 aliphatic rings. The third-order valence-electron chi connectivity index (χ3n) is 3.92. The van der Waals surface area contributed by atoms with Crippen molar-refractivity contribution in [1.29, 1.82) is 0 Å². The molecule has 0 radical (unpaired) electrons. The monoisotopic (exact) mass is 431 g/mol. The van der Waals surface area contributed by atoms with Crippen LogP contribution >= 0.6 is 23.4 Å². The van der Waals surface area contributed by atoms with E-state index in [2.05, 4.69) is 10.2 Å². The van der Waals surface area contributed by atoms with Crippen molar-refractivity contribution in [3.05, 3.63) is 52.2 Å². The molecule has 10 heteroatoms. The zero-order valence-corrected chi connectivity index (χ0v) is 16.6. The first-order valence-electron chi connectivity index (χ1n) is 8.27. The van der Waals surface area contributed by atoms with Crippen molar-refractivity contribution < 1.29 is 23.0 Å². The van der Waals surface area contributed by atoms with Gasteiger partial charge in [-0.25, -0.2) is 0 Å². The number of hydrogen-bond acceptors (Lipinski definition) is 5. The topological polar surface area (TPSA) is 59.7 Å². The molecule has 0 aliphatic heterocycles. The van der Waals surface area contributed by atoms with Crippen LogP contribution < -0.4 is 4.74 Å². The van der Waals surface area contributed by atoms with Crippen molar-refractivity contribution in [1.82, 2.24) is 14.6 Å². The first kappa shape index (κ1) is 20.8. The maximum atomic E-state index is 13.0. The average Bonchev–Trinajstić information content (AvgIpc) is 3.02. The van der Waals surface area contributed by atoms with Crippen LogP contribution in [-0.4, -0.2) is 38.2 Å². The Balaban J connectivity index is 1.67. The van der Waals surface area contributed by atoms with Gasteiger partial charge in [0.25, 0.3) is 0 Å². The van der Waals surface area contributed by atoms with Crippen molar-refractivity contribution in [3.63, 3.8) is 0 Å². The predicted octanol–water partition coefficient (Wildman–Crippen LogP) is 4.55. The van der Waals surface area contributed by atoms with Gasteiger partial charge in [-0.3, -0.25) is 4.40 Å². The van der Waals surface area contributed by atoms with E-state index in [1.54, 1.807) is 0 Å². The van der Waals surface area contributed by atoms with Crippen LogP contribution in [0.4, 0.5) is 13.2 Å². The van der Waals surface area contributed by atoms with E-state index in [4.69, 9.17) is 16.3 Å². The van der Waals surface area contributed by atoms with E-state index in [1.807, 2.05) is 32.0 Å². The largest absolute Gasteiger partial charge is 0.491 e. The van der Waals surface area contributed by atoms with E-state index in [0.29, 0.717) is 5.75 Å². The molecule has 3 aromatic rings. The van der Waals surface area contributed by atoms with E-state index >= 15 is 0 Å². The molecule has 2 heterocycles. The third-order valence-corrected chi connectivity index (χ3v) is 5.29. The fourth-order valence-electron chi connectivity index (χ4n) is 2.55. The van der Waals surface area contributed by atoms with Gasteiger partial charge < -0.3 is 9.84 Å². The maximum absolute atomic E-state index is 13.0. The first-order valence-corrected chi connectivity index (χ1v) is 9.64. The van der Waals surface area contributed by atoms with Gasteiger partial charge in [0.2, 0.25) is 0 Å². The van der Waals surface area contributed by atoms with Crippen LogP contribution in [0.3, 0.4) is 0 Å². The van der Waals surface area contributed by atoms with Gasteiger partial charge in [0.15, 0.2) is 10.8 Å². The van der Waals surface area contributed by atoms with Crippen LogP contribution in [0.2, 0.25) is 5.02 Å². The van der Waals surface area contributed by atoms with Crippen molar-refractivity contribution >= 4 is 29.0 Å². The molecule has 0 spiro atoms. The molecule has 1 unspecified atom stereocenters. The fraction of sp³-hybridized carbons (Fsp3) is 0.333. The number of halogens is 4. The number of hydrogen-bond donors (Lipinski definition) is 1. The molecular weight excluding hydrogens is 415 g/mol. The Hall–Kier alpha value is -1.97. The molecule has 0 bridgehead atoms. The smallest absolute Gasteiger partial charge is 0.417 e. The van der Waals surface area contributed by atoms with E-state index in [9.17, 15) is 18.3 Å². The Morgan fingerprint density at radius 2 is 2.00 bits per heavy atom. The number of aliphatic hydroxyl groups excluding tert-OH is 1. The molecule has 28 heavy (non-hydrogen) atoms. The van der Waals surface area contributed by atoms with E-state index in [0.717, 1.165) is 35.2 Å². The van der Waals surface area contributed by atoms with Gasteiger partial charge in [-0.2, -0.15) is 13.2 Å². The zero-order chi connectivity index (χ0) is 20.5. The first-order chi connectivity index (χ1) is 13.1. The predicted molar refractivity (Wildman–Crippen MR) is 101 cm³/mol. The number of fused-ring (bicyclic) bond motifs is 1. The van der Waals surface area contributed by atoms with E-state index in [-0.39, 0.29) is 28.2 Å². The van der Waals surface area contributed by atoms with Crippen LogP contribution in [0.15, 0.2) is 35.6 Å². The minimum Gasteiger partial charge on any atom is -0.491 e. The van der Waals surface area contributed by atoms with Crippen molar-refractivity contribution in [2.24, 2.45) is 0 Å². The lowest BCUT2D eigenvalue weighted by molar-refractivity contribution is -0.137. The SMILES string of the molecule is Cc1ccc(OCC(O)CSc2nnc3c(Cl)cc(C(F)(F)F)cn23)c(C)c1. The summed E-state index contributed by atoms with van der Waals surface area (Å²) >= 11 is 6.95. The Kier molecular flexibility index (Phi) is 6.07. The minimum atomic E-state index is -4.54. The number of ether oxygens (including phenoxy) is 1. The van der Waals surface area contributed by atoms with Gasteiger partial charge in [-0.1, -0.05) is 41.1 Å². The van der Waals surface area contributed by atoms with Crippen molar-refractivity contribution in [3.8, 4) is 5.75 Å². The number of alkyl halides is 3. The number of rotatable bonds is 6. The molecule has 0 saturated carbocycles. The Morgan fingerprint density at radius 1 is 1.25 bits per heavy atom. The molecule has 1 aromatic carbocycles. The molecule has 0 saturated heterocycles. The molecule has 0 aliphatic carbocycles. The average molecular weight is 432 g/mol. The number of aliphatic hydroxyl groups is 1. The van der Waals surface area contributed by atoms with Crippen molar-refractivity contribution in [2.45, 2.75) is 31.3 Å². The number of benzene rings is 1. The summed E-state index contributed by atoms with van der Waals surface area (Å²) in [7, 11) is 0. The highest BCUT2D eigenvalue weighted by atomic mass is 35.5. The highest BCUT2D eigenvalue weighted by molar-refractivity contribution is 7.99. The van der Waals surface area contributed by atoms with Gasteiger partial charge in [-0.05, 0) is 31.5 Å². The molecule has 0 fully saturated rings. The number of aryl methyl sites for hydroxylation is 2. The van der Waals surface area contributed by atoms with Crippen LogP contribution in [0.1, 0.15) is 16.7 Å². The summed E-state index contributed by atoms with van der Waals surface area (Å²) in [6.45, 7) is 3.93. The Labute approximate surface area is 168 Å². The van der Waals surface area contributed by atoms with Crippen LogP contribution in [-0.2, 0) is 6.18 Å². The summed E-state index contributed by atoms with van der Waals surface area (Å²) in [5, 5.41) is 17.9. The molecule has 2 aromatic heterocycles. The number of aromatic nitrogens is 3.